The second-order valence-corrected chi connectivity index (χ2v) is 5.19. The molecule has 0 bridgehead atoms. The van der Waals surface area contributed by atoms with Crippen LogP contribution in [-0.2, 0) is 4.74 Å². The molecule has 0 spiro atoms. The van der Waals surface area contributed by atoms with Crippen LogP contribution in [0.5, 0.6) is 0 Å². The van der Waals surface area contributed by atoms with E-state index in [-0.39, 0.29) is 11.6 Å². The Hall–Kier alpha value is -0.880. The first kappa shape index (κ1) is 13.5. The zero-order valence-corrected chi connectivity index (χ0v) is 11.1. The highest BCUT2D eigenvalue weighted by Gasteiger charge is 2.29. The SMILES string of the molecule is CC1(NCCN2CCOCC2)C=CC(N)=CC1N. The van der Waals surface area contributed by atoms with Gasteiger partial charge in [-0.05, 0) is 19.1 Å². The fourth-order valence-electron chi connectivity index (χ4n) is 2.30. The summed E-state index contributed by atoms with van der Waals surface area (Å²) in [6.45, 7) is 7.78. The summed E-state index contributed by atoms with van der Waals surface area (Å²) in [5.41, 5.74) is 12.4. The van der Waals surface area contributed by atoms with Crippen molar-refractivity contribution in [1.82, 2.24) is 10.2 Å². The number of rotatable bonds is 4. The molecule has 0 amide bonds. The predicted molar refractivity (Wildman–Crippen MR) is 73.1 cm³/mol. The topological polar surface area (TPSA) is 76.5 Å². The number of allylic oxidation sites excluding steroid dienone is 1. The molecule has 0 aromatic carbocycles. The molecule has 1 aliphatic carbocycles. The second kappa shape index (κ2) is 5.84. The number of hydrogen-bond donors (Lipinski definition) is 3. The van der Waals surface area contributed by atoms with Crippen molar-refractivity contribution >= 4 is 0 Å². The van der Waals surface area contributed by atoms with Gasteiger partial charge in [0, 0.05) is 37.9 Å². The normalized spacial score (nSPS) is 33.4. The van der Waals surface area contributed by atoms with Gasteiger partial charge in [0.1, 0.15) is 0 Å². The van der Waals surface area contributed by atoms with Gasteiger partial charge in [-0.1, -0.05) is 6.08 Å². The Morgan fingerprint density at radius 3 is 2.89 bits per heavy atom. The van der Waals surface area contributed by atoms with E-state index >= 15 is 0 Å². The number of morpholine rings is 1. The molecule has 0 saturated carbocycles. The number of ether oxygens (including phenoxy) is 1. The molecule has 2 rings (SSSR count). The van der Waals surface area contributed by atoms with Crippen LogP contribution in [0.1, 0.15) is 6.92 Å². The van der Waals surface area contributed by atoms with E-state index in [0.717, 1.165) is 45.1 Å². The van der Waals surface area contributed by atoms with Crippen LogP contribution < -0.4 is 16.8 Å². The molecule has 2 atom stereocenters. The Morgan fingerprint density at radius 1 is 1.50 bits per heavy atom. The largest absolute Gasteiger partial charge is 0.399 e. The third-order valence-corrected chi connectivity index (χ3v) is 3.72. The molecular weight excluding hydrogens is 228 g/mol. The van der Waals surface area contributed by atoms with E-state index in [1.54, 1.807) is 0 Å². The summed E-state index contributed by atoms with van der Waals surface area (Å²) in [7, 11) is 0. The van der Waals surface area contributed by atoms with Crippen LogP contribution in [0.25, 0.3) is 0 Å². The van der Waals surface area contributed by atoms with Crippen LogP contribution in [0.3, 0.4) is 0 Å². The highest BCUT2D eigenvalue weighted by molar-refractivity contribution is 5.31. The number of nitrogens with one attached hydrogen (secondary N) is 1. The Labute approximate surface area is 109 Å². The molecule has 18 heavy (non-hydrogen) atoms. The Morgan fingerprint density at radius 2 is 2.22 bits per heavy atom. The molecular formula is C13H24N4O. The average molecular weight is 252 g/mol. The maximum absolute atomic E-state index is 6.12. The minimum absolute atomic E-state index is 0.0767. The summed E-state index contributed by atoms with van der Waals surface area (Å²) in [6.07, 6.45) is 5.89. The maximum Gasteiger partial charge on any atom is 0.0594 e. The van der Waals surface area contributed by atoms with Crippen molar-refractivity contribution < 1.29 is 4.74 Å². The molecule has 0 radical (unpaired) electrons. The lowest BCUT2D eigenvalue weighted by molar-refractivity contribution is 0.0377. The highest BCUT2D eigenvalue weighted by atomic mass is 16.5. The van der Waals surface area contributed by atoms with Crippen LogP contribution in [0.2, 0.25) is 0 Å². The first-order valence-corrected chi connectivity index (χ1v) is 6.57. The molecule has 1 fully saturated rings. The fourth-order valence-corrected chi connectivity index (χ4v) is 2.30. The van der Waals surface area contributed by atoms with Crippen LogP contribution >= 0.6 is 0 Å². The third kappa shape index (κ3) is 3.32. The molecule has 0 aromatic heterocycles. The van der Waals surface area contributed by atoms with Gasteiger partial charge in [-0.3, -0.25) is 4.90 Å². The molecule has 2 unspecified atom stereocenters. The van der Waals surface area contributed by atoms with Crippen molar-refractivity contribution in [2.24, 2.45) is 11.5 Å². The molecule has 0 aromatic rings. The minimum Gasteiger partial charge on any atom is -0.399 e. The second-order valence-electron chi connectivity index (χ2n) is 5.19. The van der Waals surface area contributed by atoms with E-state index in [1.807, 2.05) is 12.2 Å². The first-order valence-electron chi connectivity index (χ1n) is 6.57. The summed E-state index contributed by atoms with van der Waals surface area (Å²) in [5.74, 6) is 0. The molecule has 1 saturated heterocycles. The van der Waals surface area contributed by atoms with Crippen molar-refractivity contribution in [2.75, 3.05) is 39.4 Å². The number of hydrogen-bond acceptors (Lipinski definition) is 5. The predicted octanol–water partition coefficient (Wildman–Crippen LogP) is -0.593. The molecule has 5 N–H and O–H groups in total. The molecule has 1 heterocycles. The lowest BCUT2D eigenvalue weighted by Crippen LogP contribution is -2.56. The average Bonchev–Trinajstić information content (AvgIpc) is 2.36. The third-order valence-electron chi connectivity index (χ3n) is 3.72. The van der Waals surface area contributed by atoms with Crippen molar-refractivity contribution in [3.8, 4) is 0 Å². The van der Waals surface area contributed by atoms with Gasteiger partial charge < -0.3 is 21.5 Å². The van der Waals surface area contributed by atoms with E-state index in [2.05, 4.69) is 23.2 Å². The lowest BCUT2D eigenvalue weighted by atomic mass is 9.88. The number of nitrogens with two attached hydrogens (primary N) is 2. The van der Waals surface area contributed by atoms with Gasteiger partial charge >= 0.3 is 0 Å². The van der Waals surface area contributed by atoms with Crippen molar-refractivity contribution in [3.05, 3.63) is 23.9 Å². The summed E-state index contributed by atoms with van der Waals surface area (Å²) in [6, 6.07) is -0.0767. The van der Waals surface area contributed by atoms with Crippen LogP contribution in [0, 0.1) is 0 Å². The fraction of sp³-hybridized carbons (Fsp3) is 0.692. The van der Waals surface area contributed by atoms with Crippen LogP contribution in [0.4, 0.5) is 0 Å². The maximum atomic E-state index is 6.12. The van der Waals surface area contributed by atoms with Gasteiger partial charge in [0.25, 0.3) is 0 Å². The van der Waals surface area contributed by atoms with E-state index in [1.165, 1.54) is 0 Å². The molecule has 2 aliphatic rings. The lowest BCUT2D eigenvalue weighted by Gasteiger charge is -2.36. The standard InChI is InChI=1S/C13H24N4O/c1-13(3-2-11(14)10-12(13)15)16-4-5-17-6-8-18-9-7-17/h2-3,10,12,16H,4-9,14-15H2,1H3. The van der Waals surface area contributed by atoms with Gasteiger partial charge in [0.05, 0.1) is 18.8 Å². The Kier molecular flexibility index (Phi) is 4.40. The summed E-state index contributed by atoms with van der Waals surface area (Å²) < 4.78 is 5.33. The molecule has 5 heteroatoms. The zero-order valence-electron chi connectivity index (χ0n) is 11.1. The summed E-state index contributed by atoms with van der Waals surface area (Å²) >= 11 is 0. The van der Waals surface area contributed by atoms with Gasteiger partial charge in [0.2, 0.25) is 0 Å². The molecule has 1 aliphatic heterocycles. The van der Waals surface area contributed by atoms with E-state index < -0.39 is 0 Å². The van der Waals surface area contributed by atoms with Crippen molar-refractivity contribution in [3.63, 3.8) is 0 Å². The highest BCUT2D eigenvalue weighted by Crippen LogP contribution is 2.17. The molecule has 5 nitrogen and oxygen atoms in total. The Balaban J connectivity index is 1.77. The van der Waals surface area contributed by atoms with E-state index in [4.69, 9.17) is 16.2 Å². The molecule has 102 valence electrons. The van der Waals surface area contributed by atoms with Crippen LogP contribution in [-0.4, -0.2) is 55.9 Å². The van der Waals surface area contributed by atoms with E-state index in [0.29, 0.717) is 0 Å². The van der Waals surface area contributed by atoms with Crippen molar-refractivity contribution in [2.45, 2.75) is 18.5 Å². The van der Waals surface area contributed by atoms with Gasteiger partial charge in [0.15, 0.2) is 0 Å². The summed E-state index contributed by atoms with van der Waals surface area (Å²) in [4.78, 5) is 2.40. The van der Waals surface area contributed by atoms with E-state index in [9.17, 15) is 0 Å². The smallest absolute Gasteiger partial charge is 0.0594 e. The van der Waals surface area contributed by atoms with Gasteiger partial charge in [-0.15, -0.1) is 0 Å². The quantitative estimate of drug-likeness (QED) is 0.623. The Bertz CT molecular complexity index is 336. The number of nitrogens with zero attached hydrogens (tertiary/aromatic N) is 1. The van der Waals surface area contributed by atoms with Gasteiger partial charge in [-0.25, -0.2) is 0 Å². The first-order chi connectivity index (χ1) is 8.60. The monoisotopic (exact) mass is 252 g/mol. The zero-order chi connectivity index (χ0) is 13.0. The summed E-state index contributed by atoms with van der Waals surface area (Å²) in [5, 5.41) is 3.52. The van der Waals surface area contributed by atoms with Crippen molar-refractivity contribution in [1.29, 1.82) is 0 Å². The van der Waals surface area contributed by atoms with Crippen LogP contribution in [0.15, 0.2) is 23.9 Å². The minimum atomic E-state index is -0.199. The van der Waals surface area contributed by atoms with Gasteiger partial charge in [-0.2, -0.15) is 0 Å².